The van der Waals surface area contributed by atoms with Crippen LogP contribution in [0.5, 0.6) is 0 Å². The van der Waals surface area contributed by atoms with Crippen LogP contribution in [0.15, 0.2) is 0 Å². The van der Waals surface area contributed by atoms with Crippen LogP contribution in [0.4, 0.5) is 0 Å². The van der Waals surface area contributed by atoms with Gasteiger partial charge in [0.25, 0.3) is 0 Å². The molecule has 1 heterocycles. The topological polar surface area (TPSA) is 15.3 Å². The summed E-state index contributed by atoms with van der Waals surface area (Å²) in [6.07, 6.45) is 2.75. The van der Waals surface area contributed by atoms with E-state index in [-0.39, 0.29) is 12.4 Å². The predicted octanol–water partition coefficient (Wildman–Crippen LogP) is 1.75. The van der Waals surface area contributed by atoms with Crippen LogP contribution < -0.4 is 5.32 Å². The van der Waals surface area contributed by atoms with Crippen molar-refractivity contribution in [2.45, 2.75) is 26.7 Å². The molecule has 0 atom stereocenters. The molecule has 0 radical (unpaired) electrons. The molecule has 0 aromatic heterocycles. The molecule has 3 heteroatoms. The number of nitrogens with one attached hydrogen (secondary N) is 1. The minimum absolute atomic E-state index is 0. The lowest BCUT2D eigenvalue weighted by Crippen LogP contribution is -2.43. The fourth-order valence-electron chi connectivity index (χ4n) is 1.66. The molecule has 2 nitrogen and oxygen atoms in total. The molecule has 1 aliphatic heterocycles. The molecule has 1 aliphatic rings. The maximum Gasteiger partial charge on any atom is 0.0107 e. The van der Waals surface area contributed by atoms with Crippen molar-refractivity contribution in [3.63, 3.8) is 0 Å². The van der Waals surface area contributed by atoms with Gasteiger partial charge in [-0.2, -0.15) is 0 Å². The van der Waals surface area contributed by atoms with E-state index in [4.69, 9.17) is 0 Å². The highest BCUT2D eigenvalue weighted by Crippen LogP contribution is 2.05. The first-order valence-electron chi connectivity index (χ1n) is 5.22. The molecule has 0 saturated carbocycles. The summed E-state index contributed by atoms with van der Waals surface area (Å²) in [5.41, 5.74) is 0. The van der Waals surface area contributed by atoms with E-state index in [0.29, 0.717) is 0 Å². The number of hydrogen-bond acceptors (Lipinski definition) is 2. The molecule has 0 unspecified atom stereocenters. The summed E-state index contributed by atoms with van der Waals surface area (Å²) in [5, 5.41) is 3.37. The van der Waals surface area contributed by atoms with Crippen LogP contribution in [0.25, 0.3) is 0 Å². The van der Waals surface area contributed by atoms with E-state index >= 15 is 0 Å². The van der Waals surface area contributed by atoms with E-state index in [1.54, 1.807) is 0 Å². The predicted molar refractivity (Wildman–Crippen MR) is 60.6 cm³/mol. The Labute approximate surface area is 88.5 Å². The molecule has 0 aromatic rings. The van der Waals surface area contributed by atoms with Gasteiger partial charge >= 0.3 is 0 Å². The van der Waals surface area contributed by atoms with Gasteiger partial charge in [0.15, 0.2) is 0 Å². The summed E-state index contributed by atoms with van der Waals surface area (Å²) in [6.45, 7) is 10.8. The first kappa shape index (κ1) is 13.2. The summed E-state index contributed by atoms with van der Waals surface area (Å²) < 4.78 is 0. The molecular formula is C10H23ClN2. The van der Waals surface area contributed by atoms with Crippen LogP contribution in [0.3, 0.4) is 0 Å². The summed E-state index contributed by atoms with van der Waals surface area (Å²) >= 11 is 0. The Kier molecular flexibility index (Phi) is 7.72. The Morgan fingerprint density at radius 1 is 1.23 bits per heavy atom. The highest BCUT2D eigenvalue weighted by molar-refractivity contribution is 5.85. The first-order chi connectivity index (χ1) is 5.79. The maximum absolute atomic E-state index is 3.37. The minimum atomic E-state index is 0. The molecule has 0 spiro atoms. The van der Waals surface area contributed by atoms with Crippen molar-refractivity contribution in [3.05, 3.63) is 0 Å². The lowest BCUT2D eigenvalue weighted by Gasteiger charge is -2.27. The van der Waals surface area contributed by atoms with Gasteiger partial charge in [0, 0.05) is 26.2 Å². The number of piperazine rings is 1. The molecule has 1 fully saturated rings. The smallest absolute Gasteiger partial charge is 0.0107 e. The zero-order valence-electron chi connectivity index (χ0n) is 8.88. The molecule has 1 N–H and O–H groups in total. The van der Waals surface area contributed by atoms with Gasteiger partial charge in [0.2, 0.25) is 0 Å². The molecule has 13 heavy (non-hydrogen) atoms. The van der Waals surface area contributed by atoms with Crippen molar-refractivity contribution < 1.29 is 0 Å². The third-order valence-corrected chi connectivity index (χ3v) is 2.47. The molecule has 1 saturated heterocycles. The summed E-state index contributed by atoms with van der Waals surface area (Å²) in [7, 11) is 0. The van der Waals surface area contributed by atoms with Crippen LogP contribution in [-0.4, -0.2) is 37.6 Å². The van der Waals surface area contributed by atoms with Gasteiger partial charge in [0.1, 0.15) is 0 Å². The molecule has 0 aromatic carbocycles. The number of halogens is 1. The van der Waals surface area contributed by atoms with Crippen LogP contribution in [0.1, 0.15) is 26.7 Å². The van der Waals surface area contributed by atoms with Crippen LogP contribution in [-0.2, 0) is 0 Å². The molecule has 0 bridgehead atoms. The largest absolute Gasteiger partial charge is 0.314 e. The lowest BCUT2D eigenvalue weighted by atomic mass is 10.1. The van der Waals surface area contributed by atoms with Gasteiger partial charge in [-0.15, -0.1) is 12.4 Å². The van der Waals surface area contributed by atoms with Gasteiger partial charge in [0.05, 0.1) is 0 Å². The zero-order chi connectivity index (χ0) is 8.81. The SMILES string of the molecule is CC(C)CCCN1CCNCC1.Cl. The number of rotatable bonds is 4. The minimum Gasteiger partial charge on any atom is -0.314 e. The standard InChI is InChI=1S/C10H22N2.ClH/c1-10(2)4-3-7-12-8-5-11-6-9-12;/h10-11H,3-9H2,1-2H3;1H. The van der Waals surface area contributed by atoms with E-state index < -0.39 is 0 Å². The fourth-order valence-corrected chi connectivity index (χ4v) is 1.66. The molecular weight excluding hydrogens is 184 g/mol. The van der Waals surface area contributed by atoms with Crippen LogP contribution >= 0.6 is 12.4 Å². The summed E-state index contributed by atoms with van der Waals surface area (Å²) in [5.74, 6) is 0.868. The number of nitrogens with zero attached hydrogens (tertiary/aromatic N) is 1. The van der Waals surface area contributed by atoms with Crippen molar-refractivity contribution in [2.24, 2.45) is 5.92 Å². The molecule has 80 valence electrons. The van der Waals surface area contributed by atoms with Gasteiger partial charge in [-0.05, 0) is 25.3 Å². The van der Waals surface area contributed by atoms with Gasteiger partial charge in [-0.25, -0.2) is 0 Å². The fraction of sp³-hybridized carbons (Fsp3) is 1.00. The summed E-state index contributed by atoms with van der Waals surface area (Å²) in [6, 6.07) is 0. The van der Waals surface area contributed by atoms with E-state index in [2.05, 4.69) is 24.1 Å². The lowest BCUT2D eigenvalue weighted by molar-refractivity contribution is 0.233. The van der Waals surface area contributed by atoms with E-state index in [1.165, 1.54) is 45.6 Å². The van der Waals surface area contributed by atoms with Crippen molar-refractivity contribution in [1.82, 2.24) is 10.2 Å². The monoisotopic (exact) mass is 206 g/mol. The normalized spacial score (nSPS) is 18.7. The van der Waals surface area contributed by atoms with Crippen LogP contribution in [0.2, 0.25) is 0 Å². The average molecular weight is 207 g/mol. The zero-order valence-corrected chi connectivity index (χ0v) is 9.70. The van der Waals surface area contributed by atoms with Crippen molar-refractivity contribution in [1.29, 1.82) is 0 Å². The second kappa shape index (κ2) is 7.60. The van der Waals surface area contributed by atoms with Crippen molar-refractivity contribution >= 4 is 12.4 Å². The van der Waals surface area contributed by atoms with Gasteiger partial charge in [-0.3, -0.25) is 0 Å². The Balaban J connectivity index is 0.00000144. The second-order valence-electron chi connectivity index (χ2n) is 4.13. The Hall–Kier alpha value is 0.210. The van der Waals surface area contributed by atoms with Gasteiger partial charge in [-0.1, -0.05) is 13.8 Å². The second-order valence-corrected chi connectivity index (χ2v) is 4.13. The first-order valence-corrected chi connectivity index (χ1v) is 5.22. The average Bonchev–Trinajstić information content (AvgIpc) is 2.05. The Morgan fingerprint density at radius 2 is 1.85 bits per heavy atom. The van der Waals surface area contributed by atoms with E-state index in [1.807, 2.05) is 0 Å². The summed E-state index contributed by atoms with van der Waals surface area (Å²) in [4.78, 5) is 2.57. The third kappa shape index (κ3) is 6.30. The molecule has 0 amide bonds. The Bertz CT molecular complexity index is 111. The van der Waals surface area contributed by atoms with Crippen molar-refractivity contribution in [2.75, 3.05) is 32.7 Å². The van der Waals surface area contributed by atoms with E-state index in [0.717, 1.165) is 5.92 Å². The molecule has 1 rings (SSSR count). The van der Waals surface area contributed by atoms with Gasteiger partial charge < -0.3 is 10.2 Å². The van der Waals surface area contributed by atoms with Crippen LogP contribution in [0, 0.1) is 5.92 Å². The highest BCUT2D eigenvalue weighted by Gasteiger charge is 2.08. The van der Waals surface area contributed by atoms with Crippen molar-refractivity contribution in [3.8, 4) is 0 Å². The van der Waals surface area contributed by atoms with E-state index in [9.17, 15) is 0 Å². The Morgan fingerprint density at radius 3 is 2.38 bits per heavy atom. The highest BCUT2D eigenvalue weighted by atomic mass is 35.5. The third-order valence-electron chi connectivity index (χ3n) is 2.47. The maximum atomic E-state index is 3.37. The number of hydrogen-bond donors (Lipinski definition) is 1. The quantitative estimate of drug-likeness (QED) is 0.754. The molecule has 0 aliphatic carbocycles.